The molecule has 0 saturated heterocycles. The summed E-state index contributed by atoms with van der Waals surface area (Å²) in [7, 11) is 0. The van der Waals surface area contributed by atoms with Crippen molar-refractivity contribution in [3.05, 3.63) is 35.4 Å². The molecule has 0 spiro atoms. The maximum absolute atomic E-state index is 12.3. The number of hydrogen-bond acceptors (Lipinski definition) is 2. The van der Waals surface area contributed by atoms with Crippen LogP contribution in [0.1, 0.15) is 36.2 Å². The lowest BCUT2D eigenvalue weighted by Gasteiger charge is -2.21. The monoisotopic (exact) mass is 245 g/mol. The van der Waals surface area contributed by atoms with E-state index in [-0.39, 0.29) is 11.3 Å². The first-order valence-electron chi connectivity index (χ1n) is 5.19. The molecule has 0 saturated carbocycles. The maximum Gasteiger partial charge on any atom is 0.416 e. The first-order valence-corrected chi connectivity index (χ1v) is 5.19. The Morgan fingerprint density at radius 1 is 1.24 bits per heavy atom. The maximum atomic E-state index is 12.3. The molecule has 0 amide bonds. The molecule has 2 nitrogen and oxygen atoms in total. The number of Topliss-reactive ketones (excluding diaryl/α,β-unsaturated/α-hetero) is 1. The van der Waals surface area contributed by atoms with Crippen LogP contribution in [0.5, 0.6) is 0 Å². The third kappa shape index (κ3) is 3.06. The number of carbonyl (C=O) groups is 1. The summed E-state index contributed by atoms with van der Waals surface area (Å²) >= 11 is 0. The molecule has 5 heteroatoms. The smallest absolute Gasteiger partial charge is 0.319 e. The number of alkyl halides is 3. The van der Waals surface area contributed by atoms with Crippen LogP contribution in [0, 0.1) is 0 Å². The molecule has 0 heterocycles. The van der Waals surface area contributed by atoms with E-state index in [9.17, 15) is 18.0 Å². The second-order valence-electron chi connectivity index (χ2n) is 4.18. The highest BCUT2D eigenvalue weighted by Crippen LogP contribution is 2.29. The lowest BCUT2D eigenvalue weighted by atomic mass is 9.89. The van der Waals surface area contributed by atoms with Gasteiger partial charge in [0.2, 0.25) is 0 Å². The van der Waals surface area contributed by atoms with Crippen molar-refractivity contribution in [2.75, 3.05) is 0 Å². The fraction of sp³-hybridized carbons (Fsp3) is 0.417. The molecule has 0 aromatic heterocycles. The van der Waals surface area contributed by atoms with E-state index in [0.717, 1.165) is 24.3 Å². The molecule has 0 aliphatic rings. The van der Waals surface area contributed by atoms with E-state index in [0.29, 0.717) is 6.42 Å². The van der Waals surface area contributed by atoms with Gasteiger partial charge in [0.15, 0.2) is 5.78 Å². The lowest BCUT2D eigenvalue weighted by Crippen LogP contribution is -2.44. The molecule has 94 valence electrons. The van der Waals surface area contributed by atoms with E-state index in [1.165, 1.54) is 0 Å². The molecular weight excluding hydrogens is 231 g/mol. The number of carbonyl (C=O) groups excluding carboxylic acids is 1. The van der Waals surface area contributed by atoms with Gasteiger partial charge in [-0.2, -0.15) is 13.2 Å². The zero-order chi connectivity index (χ0) is 13.3. The lowest BCUT2D eigenvalue weighted by molar-refractivity contribution is -0.137. The van der Waals surface area contributed by atoms with E-state index in [2.05, 4.69) is 0 Å². The van der Waals surface area contributed by atoms with Crippen LogP contribution in [0.3, 0.4) is 0 Å². The fourth-order valence-electron chi connectivity index (χ4n) is 1.30. The number of hydrogen-bond donors (Lipinski definition) is 1. The van der Waals surface area contributed by atoms with Crippen LogP contribution in [-0.2, 0) is 6.18 Å². The van der Waals surface area contributed by atoms with Crippen LogP contribution >= 0.6 is 0 Å². The van der Waals surface area contributed by atoms with Gasteiger partial charge in [0.05, 0.1) is 11.1 Å². The molecular formula is C12H14F3NO. The SMILES string of the molecule is CCC(C)(N)C(=O)c1ccc(C(F)(F)F)cc1. The minimum Gasteiger partial charge on any atom is -0.319 e. The van der Waals surface area contributed by atoms with E-state index in [1.807, 2.05) is 0 Å². The Morgan fingerprint density at radius 2 is 1.71 bits per heavy atom. The van der Waals surface area contributed by atoms with Gasteiger partial charge in [0, 0.05) is 5.56 Å². The molecule has 0 aliphatic heterocycles. The van der Waals surface area contributed by atoms with Gasteiger partial charge in [0.1, 0.15) is 0 Å². The molecule has 1 aromatic rings. The minimum atomic E-state index is -4.39. The van der Waals surface area contributed by atoms with Gasteiger partial charge in [-0.3, -0.25) is 4.79 Å². The summed E-state index contributed by atoms with van der Waals surface area (Å²) in [4.78, 5) is 11.9. The van der Waals surface area contributed by atoms with Gasteiger partial charge >= 0.3 is 6.18 Å². The largest absolute Gasteiger partial charge is 0.416 e. The van der Waals surface area contributed by atoms with Crippen LogP contribution in [0.2, 0.25) is 0 Å². The van der Waals surface area contributed by atoms with Crippen LogP contribution in [0.4, 0.5) is 13.2 Å². The second-order valence-corrected chi connectivity index (χ2v) is 4.18. The van der Waals surface area contributed by atoms with Crippen LogP contribution in [0.15, 0.2) is 24.3 Å². The molecule has 17 heavy (non-hydrogen) atoms. The van der Waals surface area contributed by atoms with Crippen LogP contribution < -0.4 is 5.73 Å². The molecule has 1 rings (SSSR count). The number of rotatable bonds is 3. The van der Waals surface area contributed by atoms with Crippen molar-refractivity contribution in [1.82, 2.24) is 0 Å². The highest BCUT2D eigenvalue weighted by Gasteiger charge is 2.31. The standard InChI is InChI=1S/C12H14F3NO/c1-3-11(2,16)10(17)8-4-6-9(7-5-8)12(13,14)15/h4-7H,3,16H2,1-2H3. The molecule has 0 bridgehead atoms. The van der Waals surface area contributed by atoms with E-state index < -0.39 is 17.3 Å². The Balaban J connectivity index is 3.00. The van der Waals surface area contributed by atoms with Gasteiger partial charge in [-0.25, -0.2) is 0 Å². The molecule has 0 aliphatic carbocycles. The Labute approximate surface area is 97.6 Å². The number of halogens is 3. The van der Waals surface area contributed by atoms with Crippen molar-refractivity contribution in [2.45, 2.75) is 32.0 Å². The number of ketones is 1. The van der Waals surface area contributed by atoms with Gasteiger partial charge in [0.25, 0.3) is 0 Å². The highest BCUT2D eigenvalue weighted by molar-refractivity contribution is 6.02. The predicted octanol–water partition coefficient (Wildman–Crippen LogP) is 3.02. The second kappa shape index (κ2) is 4.49. The van der Waals surface area contributed by atoms with Gasteiger partial charge in [-0.05, 0) is 25.5 Å². The molecule has 1 atom stereocenters. The fourth-order valence-corrected chi connectivity index (χ4v) is 1.30. The van der Waals surface area contributed by atoms with Gasteiger partial charge < -0.3 is 5.73 Å². The zero-order valence-corrected chi connectivity index (χ0v) is 9.64. The summed E-state index contributed by atoms with van der Waals surface area (Å²) in [5.41, 5.74) is 4.13. The van der Waals surface area contributed by atoms with E-state index in [4.69, 9.17) is 5.73 Å². The summed E-state index contributed by atoms with van der Waals surface area (Å²) < 4.78 is 36.9. The summed E-state index contributed by atoms with van der Waals surface area (Å²) in [6, 6.07) is 4.09. The first-order chi connectivity index (χ1) is 7.68. The topological polar surface area (TPSA) is 43.1 Å². The quantitative estimate of drug-likeness (QED) is 0.832. The average molecular weight is 245 g/mol. The summed E-state index contributed by atoms with van der Waals surface area (Å²) in [5.74, 6) is -0.353. The molecule has 1 unspecified atom stereocenters. The Bertz CT molecular complexity index is 407. The minimum absolute atomic E-state index is 0.199. The summed E-state index contributed by atoms with van der Waals surface area (Å²) in [6.07, 6.45) is -3.97. The Morgan fingerprint density at radius 3 is 2.06 bits per heavy atom. The Hall–Kier alpha value is -1.36. The van der Waals surface area contributed by atoms with Crippen molar-refractivity contribution in [3.63, 3.8) is 0 Å². The first kappa shape index (κ1) is 13.7. The normalized spacial score (nSPS) is 15.4. The van der Waals surface area contributed by atoms with E-state index in [1.54, 1.807) is 13.8 Å². The number of nitrogens with two attached hydrogens (primary N) is 1. The van der Waals surface area contributed by atoms with Crippen molar-refractivity contribution in [1.29, 1.82) is 0 Å². The third-order valence-corrected chi connectivity index (χ3v) is 2.73. The zero-order valence-electron chi connectivity index (χ0n) is 9.64. The van der Waals surface area contributed by atoms with Gasteiger partial charge in [-0.1, -0.05) is 19.1 Å². The van der Waals surface area contributed by atoms with Crippen LogP contribution in [0.25, 0.3) is 0 Å². The average Bonchev–Trinajstić information content (AvgIpc) is 2.27. The highest BCUT2D eigenvalue weighted by atomic mass is 19.4. The van der Waals surface area contributed by atoms with E-state index >= 15 is 0 Å². The molecule has 0 radical (unpaired) electrons. The molecule has 1 aromatic carbocycles. The van der Waals surface area contributed by atoms with Crippen molar-refractivity contribution in [3.8, 4) is 0 Å². The van der Waals surface area contributed by atoms with Crippen molar-refractivity contribution in [2.24, 2.45) is 5.73 Å². The van der Waals surface area contributed by atoms with Crippen LogP contribution in [-0.4, -0.2) is 11.3 Å². The summed E-state index contributed by atoms with van der Waals surface area (Å²) in [6.45, 7) is 3.31. The summed E-state index contributed by atoms with van der Waals surface area (Å²) in [5, 5.41) is 0. The Kier molecular flexibility index (Phi) is 3.62. The van der Waals surface area contributed by atoms with Crippen molar-refractivity contribution < 1.29 is 18.0 Å². The van der Waals surface area contributed by atoms with Crippen molar-refractivity contribution >= 4 is 5.78 Å². The third-order valence-electron chi connectivity index (χ3n) is 2.73. The van der Waals surface area contributed by atoms with Gasteiger partial charge in [-0.15, -0.1) is 0 Å². The molecule has 0 fully saturated rings. The molecule has 2 N–H and O–H groups in total. The predicted molar refractivity (Wildman–Crippen MR) is 58.7 cm³/mol. The number of benzene rings is 1.